The van der Waals surface area contributed by atoms with Gasteiger partial charge in [-0.1, -0.05) is 24.0 Å². The van der Waals surface area contributed by atoms with E-state index in [0.29, 0.717) is 9.23 Å². The lowest BCUT2D eigenvalue weighted by Crippen LogP contribution is -2.32. The third-order valence-electron chi connectivity index (χ3n) is 2.71. The van der Waals surface area contributed by atoms with E-state index < -0.39 is 15.9 Å². The van der Waals surface area contributed by atoms with E-state index in [9.17, 15) is 13.2 Å². The molecule has 0 aliphatic carbocycles. The second-order valence-corrected chi connectivity index (χ2v) is 7.41. The number of amides is 1. The molecule has 1 saturated heterocycles. The van der Waals surface area contributed by atoms with E-state index >= 15 is 0 Å². The van der Waals surface area contributed by atoms with E-state index in [2.05, 4.69) is 0 Å². The van der Waals surface area contributed by atoms with Crippen molar-refractivity contribution < 1.29 is 17.8 Å². The van der Waals surface area contributed by atoms with E-state index in [-0.39, 0.29) is 12.5 Å². The molecule has 9 heteroatoms. The van der Waals surface area contributed by atoms with Gasteiger partial charge in [0.1, 0.15) is 4.32 Å². The van der Waals surface area contributed by atoms with Crippen LogP contribution in [0, 0.1) is 0 Å². The molecule has 108 valence electrons. The summed E-state index contributed by atoms with van der Waals surface area (Å²) in [6, 6.07) is 3.70. The number of hydrogen-bond acceptors (Lipinski definition) is 5. The van der Waals surface area contributed by atoms with E-state index in [1.165, 1.54) is 4.90 Å². The van der Waals surface area contributed by atoms with Crippen LogP contribution in [-0.4, -0.2) is 45.0 Å². The second kappa shape index (κ2) is 5.68. The minimum atomic E-state index is -4.12. The third kappa shape index (κ3) is 3.48. The normalized spacial score (nSPS) is 18.3. The van der Waals surface area contributed by atoms with E-state index in [0.717, 1.165) is 17.5 Å². The molecule has 0 bridgehead atoms. The summed E-state index contributed by atoms with van der Waals surface area (Å²) in [5.74, 6) is -0.874. The summed E-state index contributed by atoms with van der Waals surface area (Å²) in [6.07, 6.45) is 3.55. The number of aromatic nitrogens is 1. The van der Waals surface area contributed by atoms with Crippen LogP contribution in [0.1, 0.15) is 5.69 Å². The van der Waals surface area contributed by atoms with Crippen molar-refractivity contribution in [1.82, 2.24) is 9.47 Å². The number of carbonyl (C=O) groups excluding carboxylic acids is 1. The summed E-state index contributed by atoms with van der Waals surface area (Å²) in [5.41, 5.74) is 0.847. The first-order valence-corrected chi connectivity index (χ1v) is 8.43. The predicted octanol–water partition coefficient (Wildman–Crippen LogP) is 1.11. The Morgan fingerprint density at radius 2 is 2.20 bits per heavy atom. The largest absolute Gasteiger partial charge is 0.351 e. The number of nitrogens with zero attached hydrogens (tertiary/aromatic N) is 2. The Hall–Kier alpha value is -1.16. The minimum Gasteiger partial charge on any atom is -0.351 e. The molecule has 2 rings (SSSR count). The van der Waals surface area contributed by atoms with Crippen LogP contribution in [0.25, 0.3) is 6.08 Å². The molecule has 1 aliphatic heterocycles. The Labute approximate surface area is 126 Å². The van der Waals surface area contributed by atoms with Crippen LogP contribution in [0.3, 0.4) is 0 Å². The van der Waals surface area contributed by atoms with Crippen molar-refractivity contribution in [3.8, 4) is 0 Å². The molecule has 6 nitrogen and oxygen atoms in total. The van der Waals surface area contributed by atoms with Crippen LogP contribution in [0.4, 0.5) is 0 Å². The van der Waals surface area contributed by atoms with Crippen LogP contribution in [0.15, 0.2) is 23.2 Å². The number of rotatable bonds is 4. The lowest BCUT2D eigenvalue weighted by atomic mass is 10.3. The summed E-state index contributed by atoms with van der Waals surface area (Å²) in [4.78, 5) is 13.8. The van der Waals surface area contributed by atoms with Crippen molar-refractivity contribution in [3.63, 3.8) is 0 Å². The maximum atomic E-state index is 12.1. The fourth-order valence-electron chi connectivity index (χ4n) is 1.66. The van der Waals surface area contributed by atoms with Gasteiger partial charge in [-0.05, 0) is 18.2 Å². The van der Waals surface area contributed by atoms with E-state index in [4.69, 9.17) is 16.8 Å². The summed E-state index contributed by atoms with van der Waals surface area (Å²) in [7, 11) is -2.27. The standard InChI is InChI=1S/C11H12N2O4S3/c1-12-4-2-3-8(12)7-9-10(14)13(11(18)19-9)5-6-20(15,16)17/h2-4,7H,5-6H2,1H3,(H,15,16,17)/b9-7-. The Balaban J connectivity index is 2.17. The van der Waals surface area contributed by atoms with Crippen LogP contribution in [0.5, 0.6) is 0 Å². The summed E-state index contributed by atoms with van der Waals surface area (Å²) in [5, 5.41) is 0. The van der Waals surface area contributed by atoms with Crippen LogP contribution in [0.2, 0.25) is 0 Å². The number of aryl methyl sites for hydroxylation is 1. The Bertz CT molecular complexity index is 690. The van der Waals surface area contributed by atoms with Gasteiger partial charge in [0.05, 0.1) is 10.7 Å². The molecule has 20 heavy (non-hydrogen) atoms. The first-order valence-electron chi connectivity index (χ1n) is 5.60. The van der Waals surface area contributed by atoms with Crippen LogP contribution in [-0.2, 0) is 22.0 Å². The zero-order valence-corrected chi connectivity index (χ0v) is 13.0. The lowest BCUT2D eigenvalue weighted by Gasteiger charge is -2.12. The fraction of sp³-hybridized carbons (Fsp3) is 0.273. The highest BCUT2D eigenvalue weighted by atomic mass is 32.2. The number of hydrogen-bond donors (Lipinski definition) is 1. The van der Waals surface area contributed by atoms with Crippen molar-refractivity contribution >= 4 is 50.4 Å². The lowest BCUT2D eigenvalue weighted by molar-refractivity contribution is -0.121. The number of thioether (sulfide) groups is 1. The minimum absolute atomic E-state index is 0.145. The molecule has 1 aromatic rings. The first-order chi connectivity index (χ1) is 9.28. The maximum absolute atomic E-state index is 12.1. The Kier molecular flexibility index (Phi) is 4.33. The van der Waals surface area contributed by atoms with Gasteiger partial charge < -0.3 is 4.57 Å². The SMILES string of the molecule is Cn1cccc1/C=C1\SC(=S)N(CCS(=O)(=O)O)C1=O. The molecule has 0 radical (unpaired) electrons. The molecule has 0 unspecified atom stereocenters. The zero-order chi connectivity index (χ0) is 14.9. The van der Waals surface area contributed by atoms with Gasteiger partial charge in [-0.25, -0.2) is 0 Å². The molecule has 0 spiro atoms. The molecule has 1 fully saturated rings. The van der Waals surface area contributed by atoms with Gasteiger partial charge in [-0.3, -0.25) is 14.2 Å². The quantitative estimate of drug-likeness (QED) is 0.505. The molecular formula is C11H12N2O4S3. The molecule has 1 aromatic heterocycles. The number of carbonyl (C=O) groups is 1. The van der Waals surface area contributed by atoms with Crippen LogP contribution < -0.4 is 0 Å². The molecule has 1 N–H and O–H groups in total. The first kappa shape index (κ1) is 15.2. The van der Waals surface area contributed by atoms with Gasteiger partial charge in [0.15, 0.2) is 0 Å². The topological polar surface area (TPSA) is 79.6 Å². The molecule has 0 atom stereocenters. The van der Waals surface area contributed by atoms with Gasteiger partial charge in [0.2, 0.25) is 0 Å². The van der Waals surface area contributed by atoms with Gasteiger partial charge in [0, 0.05) is 25.5 Å². The van der Waals surface area contributed by atoms with Gasteiger partial charge in [0.25, 0.3) is 16.0 Å². The van der Waals surface area contributed by atoms with Crippen molar-refractivity contribution in [2.45, 2.75) is 0 Å². The third-order valence-corrected chi connectivity index (χ3v) is 4.79. The average molecular weight is 332 g/mol. The van der Waals surface area contributed by atoms with Crippen molar-refractivity contribution in [3.05, 3.63) is 28.9 Å². The van der Waals surface area contributed by atoms with E-state index in [1.54, 1.807) is 6.08 Å². The van der Waals surface area contributed by atoms with Crippen molar-refractivity contribution in [2.75, 3.05) is 12.3 Å². The van der Waals surface area contributed by atoms with Gasteiger partial charge in [-0.15, -0.1) is 0 Å². The molecule has 1 aliphatic rings. The van der Waals surface area contributed by atoms with E-state index in [1.807, 2.05) is 29.9 Å². The van der Waals surface area contributed by atoms with Crippen molar-refractivity contribution in [2.24, 2.45) is 7.05 Å². The molecular weight excluding hydrogens is 320 g/mol. The summed E-state index contributed by atoms with van der Waals surface area (Å²) < 4.78 is 32.3. The summed E-state index contributed by atoms with van der Waals surface area (Å²) in [6.45, 7) is -0.145. The molecule has 1 amide bonds. The number of thiocarbonyl (C=S) groups is 1. The van der Waals surface area contributed by atoms with Gasteiger partial charge >= 0.3 is 0 Å². The highest BCUT2D eigenvalue weighted by Gasteiger charge is 2.32. The summed E-state index contributed by atoms with van der Waals surface area (Å²) >= 11 is 6.17. The second-order valence-electron chi connectivity index (χ2n) is 4.16. The molecule has 2 heterocycles. The Morgan fingerprint density at radius 3 is 2.75 bits per heavy atom. The van der Waals surface area contributed by atoms with Crippen molar-refractivity contribution in [1.29, 1.82) is 0 Å². The molecule has 0 aromatic carbocycles. The fourth-order valence-corrected chi connectivity index (χ4v) is 3.36. The highest BCUT2D eigenvalue weighted by Crippen LogP contribution is 2.32. The predicted molar refractivity (Wildman–Crippen MR) is 81.7 cm³/mol. The smallest absolute Gasteiger partial charge is 0.266 e. The average Bonchev–Trinajstić information content (AvgIpc) is 2.83. The zero-order valence-electron chi connectivity index (χ0n) is 10.5. The Morgan fingerprint density at radius 1 is 1.50 bits per heavy atom. The molecule has 0 saturated carbocycles. The van der Waals surface area contributed by atoms with Gasteiger partial charge in [-0.2, -0.15) is 8.42 Å². The highest BCUT2D eigenvalue weighted by molar-refractivity contribution is 8.26. The monoisotopic (exact) mass is 332 g/mol. The maximum Gasteiger partial charge on any atom is 0.266 e. The van der Waals surface area contributed by atoms with Crippen LogP contribution >= 0.6 is 24.0 Å².